The number of aliphatic hydroxyl groups excluding tert-OH is 4. The summed E-state index contributed by atoms with van der Waals surface area (Å²) in [7, 11) is 0. The summed E-state index contributed by atoms with van der Waals surface area (Å²) < 4.78 is 0. The highest BCUT2D eigenvalue weighted by atomic mass is 16.3. The van der Waals surface area contributed by atoms with Gasteiger partial charge in [0.05, 0.1) is 18.8 Å². The summed E-state index contributed by atoms with van der Waals surface area (Å²) in [4.78, 5) is 12.6. The normalized spacial score (nSPS) is 14.1. The minimum Gasteiger partial charge on any atom is -0.394 e. The van der Waals surface area contributed by atoms with Crippen LogP contribution in [0.2, 0.25) is 0 Å². The maximum Gasteiger partial charge on any atom is 0.249 e. The summed E-state index contributed by atoms with van der Waals surface area (Å²) in [6, 6.07) is -1.00. The maximum atomic E-state index is 12.6. The topological polar surface area (TPSA) is 110 Å². The third-order valence-corrected chi connectivity index (χ3v) is 13.1. The van der Waals surface area contributed by atoms with Crippen molar-refractivity contribution in [1.29, 1.82) is 0 Å². The van der Waals surface area contributed by atoms with Crippen molar-refractivity contribution in [2.75, 3.05) is 6.61 Å². The molecule has 0 rings (SSSR count). The first-order valence-corrected chi connectivity index (χ1v) is 27.9. The molecule has 0 radical (unpaired) electrons. The van der Waals surface area contributed by atoms with Gasteiger partial charge in [0.2, 0.25) is 5.91 Å². The van der Waals surface area contributed by atoms with Gasteiger partial charge in [0, 0.05) is 0 Å². The molecule has 6 heteroatoms. The van der Waals surface area contributed by atoms with Gasteiger partial charge in [0.1, 0.15) is 12.2 Å². The van der Waals surface area contributed by atoms with Gasteiger partial charge < -0.3 is 25.7 Å². The third kappa shape index (κ3) is 45.5. The van der Waals surface area contributed by atoms with Gasteiger partial charge in [-0.25, -0.2) is 0 Å². The lowest BCUT2D eigenvalue weighted by Gasteiger charge is -2.27. The van der Waals surface area contributed by atoms with Crippen LogP contribution in [0.1, 0.15) is 290 Å². The van der Waals surface area contributed by atoms with Gasteiger partial charge >= 0.3 is 0 Å². The van der Waals surface area contributed by atoms with Gasteiger partial charge in [0.15, 0.2) is 0 Å². The molecule has 0 bridgehead atoms. The molecule has 0 spiro atoms. The lowest BCUT2D eigenvalue weighted by molar-refractivity contribution is -0.132. The largest absolute Gasteiger partial charge is 0.394 e. The Bertz CT molecular complexity index is 997. The van der Waals surface area contributed by atoms with Crippen molar-refractivity contribution in [1.82, 2.24) is 5.32 Å². The summed E-state index contributed by atoms with van der Waals surface area (Å²) in [5, 5.41) is 43.9. The first-order valence-electron chi connectivity index (χ1n) is 27.9. The molecule has 1 amide bonds. The maximum absolute atomic E-state index is 12.6. The van der Waals surface area contributed by atoms with Crippen molar-refractivity contribution in [2.45, 2.75) is 314 Å². The molecule has 0 aromatic heterocycles. The molecule has 6 nitrogen and oxygen atoms in total. The number of nitrogens with one attached hydrogen (secondary N) is 1. The van der Waals surface area contributed by atoms with Gasteiger partial charge in [-0.05, 0) is 70.6 Å². The standard InChI is InChI=1S/C57H109NO5/c1-3-5-7-9-11-13-15-17-19-21-23-24-25-26-27-28-29-30-31-33-35-37-39-41-43-45-47-49-51-55(61)57(63)58-53(52-59)56(62)54(60)50-48-46-44-42-40-38-36-34-32-22-20-18-16-14-12-10-8-6-4-2/h23-24,26-27,42,44,53-56,59-62H,3-22,25,28-41,43,45-52H2,1-2H3,(H,58,63)/b24-23-,27-26-,44-42+. The van der Waals surface area contributed by atoms with Gasteiger partial charge in [0.25, 0.3) is 0 Å². The van der Waals surface area contributed by atoms with Crippen molar-refractivity contribution in [2.24, 2.45) is 0 Å². The van der Waals surface area contributed by atoms with E-state index in [1.165, 1.54) is 218 Å². The van der Waals surface area contributed by atoms with Crippen molar-refractivity contribution >= 4 is 5.91 Å². The number of hydrogen-bond donors (Lipinski definition) is 5. The van der Waals surface area contributed by atoms with E-state index in [9.17, 15) is 25.2 Å². The van der Waals surface area contributed by atoms with E-state index in [0.717, 1.165) is 44.9 Å². The van der Waals surface area contributed by atoms with Crippen LogP contribution in [0, 0.1) is 0 Å². The first-order chi connectivity index (χ1) is 31.0. The Morgan fingerprint density at radius 2 is 0.698 bits per heavy atom. The zero-order valence-electron chi connectivity index (χ0n) is 42.1. The lowest BCUT2D eigenvalue weighted by Crippen LogP contribution is -2.53. The fourth-order valence-corrected chi connectivity index (χ4v) is 8.67. The van der Waals surface area contributed by atoms with Crippen molar-refractivity contribution in [3.05, 3.63) is 36.5 Å². The second-order valence-electron chi connectivity index (χ2n) is 19.3. The number of hydrogen-bond acceptors (Lipinski definition) is 5. The highest BCUT2D eigenvalue weighted by Gasteiger charge is 2.28. The first kappa shape index (κ1) is 61.5. The fourth-order valence-electron chi connectivity index (χ4n) is 8.67. The van der Waals surface area contributed by atoms with E-state index in [1.54, 1.807) is 0 Å². The van der Waals surface area contributed by atoms with Crippen LogP contribution < -0.4 is 5.32 Å². The van der Waals surface area contributed by atoms with Crippen LogP contribution >= 0.6 is 0 Å². The molecule has 5 N–H and O–H groups in total. The van der Waals surface area contributed by atoms with Crippen molar-refractivity contribution in [3.8, 4) is 0 Å². The lowest BCUT2D eigenvalue weighted by atomic mass is 10.00. The molecule has 0 aliphatic heterocycles. The number of carbonyl (C=O) groups is 1. The zero-order valence-corrected chi connectivity index (χ0v) is 42.1. The second-order valence-corrected chi connectivity index (χ2v) is 19.3. The molecule has 63 heavy (non-hydrogen) atoms. The molecule has 0 aliphatic rings. The van der Waals surface area contributed by atoms with Crippen LogP contribution in [0.4, 0.5) is 0 Å². The van der Waals surface area contributed by atoms with Crippen molar-refractivity contribution in [3.63, 3.8) is 0 Å². The molecule has 372 valence electrons. The Balaban J connectivity index is 3.66. The van der Waals surface area contributed by atoms with Crippen LogP contribution in [0.5, 0.6) is 0 Å². The molecule has 0 aliphatic carbocycles. The predicted octanol–water partition coefficient (Wildman–Crippen LogP) is 16.0. The molecular weight excluding hydrogens is 779 g/mol. The molecule has 0 saturated heterocycles. The van der Waals surface area contributed by atoms with Gasteiger partial charge in [-0.15, -0.1) is 0 Å². The molecular formula is C57H109NO5. The fraction of sp³-hybridized carbons (Fsp3) is 0.877. The van der Waals surface area contributed by atoms with E-state index in [-0.39, 0.29) is 0 Å². The molecule has 4 unspecified atom stereocenters. The Kier molecular flexibility index (Phi) is 50.3. The SMILES string of the molecule is CCCCCCCCCCC/C=C\C/C=C\CCCCCCCCCCCCCCC(O)C(=O)NC(CO)C(O)C(O)CCC/C=C/CCCCCCCCCCCCCCCC. The van der Waals surface area contributed by atoms with Gasteiger partial charge in [-0.1, -0.05) is 256 Å². The average molecular weight is 889 g/mol. The van der Waals surface area contributed by atoms with Crippen LogP contribution in [-0.4, -0.2) is 57.3 Å². The zero-order chi connectivity index (χ0) is 45.9. The number of rotatable bonds is 51. The molecule has 4 atom stereocenters. The molecule has 0 fully saturated rings. The van der Waals surface area contributed by atoms with E-state index in [1.807, 2.05) is 0 Å². The van der Waals surface area contributed by atoms with E-state index in [4.69, 9.17) is 0 Å². The van der Waals surface area contributed by atoms with Crippen LogP contribution in [0.25, 0.3) is 0 Å². The third-order valence-electron chi connectivity index (χ3n) is 13.1. The van der Waals surface area contributed by atoms with E-state index in [2.05, 4.69) is 55.6 Å². The van der Waals surface area contributed by atoms with Crippen molar-refractivity contribution < 1.29 is 25.2 Å². The smallest absolute Gasteiger partial charge is 0.249 e. The Hall–Kier alpha value is -1.47. The van der Waals surface area contributed by atoms with E-state index in [0.29, 0.717) is 12.8 Å². The number of aliphatic hydroxyl groups is 4. The molecule has 0 aromatic rings. The summed E-state index contributed by atoms with van der Waals surface area (Å²) in [6.07, 6.45) is 63.5. The number of unbranched alkanes of at least 4 members (excludes halogenated alkanes) is 36. The molecule has 0 saturated carbocycles. The van der Waals surface area contributed by atoms with Gasteiger partial charge in [-0.2, -0.15) is 0 Å². The van der Waals surface area contributed by atoms with E-state index < -0.39 is 36.9 Å². The highest BCUT2D eigenvalue weighted by Crippen LogP contribution is 2.17. The monoisotopic (exact) mass is 888 g/mol. The second kappa shape index (κ2) is 51.5. The number of amides is 1. The Morgan fingerprint density at radius 3 is 1.05 bits per heavy atom. The molecule has 0 aromatic carbocycles. The van der Waals surface area contributed by atoms with E-state index >= 15 is 0 Å². The average Bonchev–Trinajstić information content (AvgIpc) is 3.29. The van der Waals surface area contributed by atoms with Crippen LogP contribution in [0.3, 0.4) is 0 Å². The predicted molar refractivity (Wildman–Crippen MR) is 274 cm³/mol. The molecule has 0 heterocycles. The van der Waals surface area contributed by atoms with Crippen LogP contribution in [0.15, 0.2) is 36.5 Å². The number of allylic oxidation sites excluding steroid dienone is 6. The van der Waals surface area contributed by atoms with Gasteiger partial charge in [-0.3, -0.25) is 4.79 Å². The highest BCUT2D eigenvalue weighted by molar-refractivity contribution is 5.80. The minimum absolute atomic E-state index is 0.362. The summed E-state index contributed by atoms with van der Waals surface area (Å²) >= 11 is 0. The summed E-state index contributed by atoms with van der Waals surface area (Å²) in [5.74, 6) is -0.592. The summed E-state index contributed by atoms with van der Waals surface area (Å²) in [5.41, 5.74) is 0. The minimum atomic E-state index is -1.28. The van der Waals surface area contributed by atoms with Crippen LogP contribution in [-0.2, 0) is 4.79 Å². The quantitative estimate of drug-likeness (QED) is 0.0309. The summed E-state index contributed by atoms with van der Waals surface area (Å²) in [6.45, 7) is 4.07. The number of carbonyl (C=O) groups excluding carboxylic acids is 1. The Morgan fingerprint density at radius 1 is 0.397 bits per heavy atom. The Labute approximate surface area is 392 Å².